The Balaban J connectivity index is 4.77. The van der Waals surface area contributed by atoms with Gasteiger partial charge in [-0.1, -0.05) is 216 Å². The summed E-state index contributed by atoms with van der Waals surface area (Å²) in [6.07, 6.45) is 57.3. The van der Waals surface area contributed by atoms with Crippen LogP contribution in [0.25, 0.3) is 0 Å². The molecule has 70 heavy (non-hydrogen) atoms. The number of ether oxygens (including phenoxy) is 3. The molecule has 0 radical (unpaired) electrons. The molecule has 3 unspecified atom stereocenters. The zero-order valence-corrected chi connectivity index (χ0v) is 45.4. The lowest BCUT2D eigenvalue weighted by Crippen LogP contribution is -2.30. The van der Waals surface area contributed by atoms with Gasteiger partial charge in [-0.3, -0.25) is 23.4 Å². The van der Waals surface area contributed by atoms with Gasteiger partial charge in [0.25, 0.3) is 0 Å². The molecular formula is C58H101O11P. The summed E-state index contributed by atoms with van der Waals surface area (Å²) in [5.74, 6) is -1.54. The number of hydrogen-bond acceptors (Lipinski definition) is 10. The van der Waals surface area contributed by atoms with Gasteiger partial charge >= 0.3 is 25.7 Å². The first-order valence-corrected chi connectivity index (χ1v) is 29.3. The normalized spacial score (nSPS) is 14.0. The van der Waals surface area contributed by atoms with Crippen LogP contribution >= 0.6 is 7.82 Å². The number of carbonyl (C=O) groups is 3. The second kappa shape index (κ2) is 52.2. The van der Waals surface area contributed by atoms with Crippen LogP contribution in [0.4, 0.5) is 0 Å². The molecule has 0 aliphatic rings. The number of esters is 3. The number of hydrogen-bond donors (Lipinski definition) is 2. The number of unbranched alkanes of at least 4 members (excludes halogenated alkanes) is 22. The van der Waals surface area contributed by atoms with E-state index in [0.29, 0.717) is 25.7 Å². The van der Waals surface area contributed by atoms with Crippen molar-refractivity contribution in [3.63, 3.8) is 0 Å². The highest BCUT2D eigenvalue weighted by atomic mass is 31.2. The number of allylic oxidation sites excluding steroid dienone is 12. The Morgan fingerprint density at radius 1 is 0.414 bits per heavy atom. The Bertz CT molecular complexity index is 1450. The van der Waals surface area contributed by atoms with Gasteiger partial charge in [-0.05, 0) is 77.0 Å². The monoisotopic (exact) mass is 1000 g/mol. The van der Waals surface area contributed by atoms with Crippen molar-refractivity contribution in [3.8, 4) is 0 Å². The lowest BCUT2D eigenvalue weighted by atomic mass is 10.0. The zero-order valence-electron chi connectivity index (χ0n) is 44.5. The van der Waals surface area contributed by atoms with E-state index >= 15 is 0 Å². The molecule has 0 aromatic heterocycles. The van der Waals surface area contributed by atoms with Crippen molar-refractivity contribution < 1.29 is 52.2 Å². The molecular weight excluding hydrogens is 904 g/mol. The lowest BCUT2D eigenvalue weighted by Gasteiger charge is -2.21. The maximum Gasteiger partial charge on any atom is 0.472 e. The van der Waals surface area contributed by atoms with E-state index in [9.17, 15) is 28.9 Å². The second-order valence-corrected chi connectivity index (χ2v) is 19.8. The average Bonchev–Trinajstić information content (AvgIpc) is 3.35. The first kappa shape index (κ1) is 66.9. The van der Waals surface area contributed by atoms with Crippen LogP contribution < -0.4 is 0 Å². The number of aliphatic hydroxyl groups excluding tert-OH is 1. The van der Waals surface area contributed by atoms with Crippen molar-refractivity contribution in [2.24, 2.45) is 0 Å². The maximum absolute atomic E-state index is 12.9. The van der Waals surface area contributed by atoms with Crippen molar-refractivity contribution in [1.82, 2.24) is 0 Å². The fraction of sp³-hybridized carbons (Fsp3) is 0.741. The first-order chi connectivity index (χ1) is 34.2. The number of phosphoric ester groups is 1. The van der Waals surface area contributed by atoms with Gasteiger partial charge < -0.3 is 24.2 Å². The molecule has 0 aromatic rings. The smallest absolute Gasteiger partial charge is 0.462 e. The summed E-state index contributed by atoms with van der Waals surface area (Å²) < 4.78 is 39.4. The van der Waals surface area contributed by atoms with Crippen LogP contribution in [0.1, 0.15) is 239 Å². The molecule has 404 valence electrons. The molecule has 0 bridgehead atoms. The zero-order chi connectivity index (χ0) is 51.3. The van der Waals surface area contributed by atoms with Crippen molar-refractivity contribution >= 4 is 25.7 Å². The van der Waals surface area contributed by atoms with Gasteiger partial charge in [0.2, 0.25) is 0 Å². The number of phosphoric acid groups is 1. The van der Waals surface area contributed by atoms with Gasteiger partial charge in [0.1, 0.15) is 12.7 Å². The van der Waals surface area contributed by atoms with Gasteiger partial charge in [0, 0.05) is 19.3 Å². The minimum atomic E-state index is -4.76. The Hall–Kier alpha value is -3.08. The van der Waals surface area contributed by atoms with Crippen LogP contribution in [0, 0.1) is 0 Å². The summed E-state index contributed by atoms with van der Waals surface area (Å²) in [4.78, 5) is 48.4. The van der Waals surface area contributed by atoms with Crippen molar-refractivity contribution in [1.29, 1.82) is 0 Å². The molecule has 0 amide bonds. The third kappa shape index (κ3) is 49.9. The van der Waals surface area contributed by atoms with E-state index in [1.165, 1.54) is 83.5 Å². The SMILES string of the molecule is CC/C=C\C/C=C\C/C=C\C/C=C\C/C=C\CCCC(=O)OC(COC(=O)CCCCCCC/C=C\CCCC)COP(=O)(O)OCC(CO)OC(=O)CCCCCCCCCCCCCCCCC. The van der Waals surface area contributed by atoms with Crippen LogP contribution in [0.15, 0.2) is 72.9 Å². The fourth-order valence-electron chi connectivity index (χ4n) is 7.37. The highest BCUT2D eigenvalue weighted by molar-refractivity contribution is 7.47. The Kier molecular flexibility index (Phi) is 50.0. The Morgan fingerprint density at radius 2 is 0.771 bits per heavy atom. The van der Waals surface area contributed by atoms with Crippen LogP contribution in [0.3, 0.4) is 0 Å². The highest BCUT2D eigenvalue weighted by Crippen LogP contribution is 2.43. The third-order valence-electron chi connectivity index (χ3n) is 11.6. The molecule has 0 rings (SSSR count). The first-order valence-electron chi connectivity index (χ1n) is 27.8. The summed E-state index contributed by atoms with van der Waals surface area (Å²) in [5, 5.41) is 9.80. The van der Waals surface area contributed by atoms with E-state index in [1.54, 1.807) is 0 Å². The molecule has 0 aliphatic carbocycles. The van der Waals surface area contributed by atoms with Crippen molar-refractivity contribution in [2.45, 2.75) is 251 Å². The summed E-state index contributed by atoms with van der Waals surface area (Å²) in [6, 6.07) is 0. The minimum absolute atomic E-state index is 0.0868. The largest absolute Gasteiger partial charge is 0.472 e. The molecule has 11 nitrogen and oxygen atoms in total. The van der Waals surface area contributed by atoms with E-state index in [4.69, 9.17) is 23.3 Å². The maximum atomic E-state index is 12.9. The van der Waals surface area contributed by atoms with Crippen LogP contribution in [0.2, 0.25) is 0 Å². The van der Waals surface area contributed by atoms with Gasteiger partial charge in [-0.25, -0.2) is 4.57 Å². The van der Waals surface area contributed by atoms with Crippen LogP contribution in [-0.2, 0) is 42.2 Å². The second-order valence-electron chi connectivity index (χ2n) is 18.4. The summed E-state index contributed by atoms with van der Waals surface area (Å²) >= 11 is 0. The Labute approximate surface area is 427 Å². The number of carbonyl (C=O) groups excluding carboxylic acids is 3. The van der Waals surface area contributed by atoms with E-state index in [1.807, 2.05) is 12.2 Å². The van der Waals surface area contributed by atoms with Crippen molar-refractivity contribution in [2.75, 3.05) is 26.4 Å². The topological polar surface area (TPSA) is 155 Å². The predicted octanol–water partition coefficient (Wildman–Crippen LogP) is 16.1. The predicted molar refractivity (Wildman–Crippen MR) is 288 cm³/mol. The van der Waals surface area contributed by atoms with Crippen LogP contribution in [-0.4, -0.2) is 66.5 Å². The minimum Gasteiger partial charge on any atom is -0.462 e. The molecule has 0 fully saturated rings. The van der Waals surface area contributed by atoms with Crippen molar-refractivity contribution in [3.05, 3.63) is 72.9 Å². The van der Waals surface area contributed by atoms with Crippen LogP contribution in [0.5, 0.6) is 0 Å². The third-order valence-corrected chi connectivity index (χ3v) is 12.6. The van der Waals surface area contributed by atoms with Gasteiger partial charge in [-0.15, -0.1) is 0 Å². The van der Waals surface area contributed by atoms with E-state index < -0.39 is 57.8 Å². The number of rotatable bonds is 51. The molecule has 0 aromatic carbocycles. The van der Waals surface area contributed by atoms with Gasteiger partial charge in [-0.2, -0.15) is 0 Å². The standard InChI is InChI=1S/C58H101O11P/c1-4-7-10-13-16-19-22-24-26-27-29-31-34-37-40-43-46-49-58(62)69-55(51-65-56(60)47-44-41-38-35-32-21-18-15-12-9-6-3)53-67-70(63,64)66-52-54(50-59)68-57(61)48-45-42-39-36-33-30-28-25-23-20-17-14-11-8-5-2/h7,10,15-16,18-19,24,26,29,31,37,40,54-55,59H,4-6,8-9,11-14,17,20-23,25,27-28,30,32-36,38-39,41-53H2,1-3H3,(H,63,64)/b10-7-,18-15-,19-16-,26-24-,31-29-,40-37-. The Morgan fingerprint density at radius 3 is 1.26 bits per heavy atom. The average molecular weight is 1010 g/mol. The number of aliphatic hydroxyl groups is 1. The lowest BCUT2D eigenvalue weighted by molar-refractivity contribution is -0.161. The van der Waals surface area contributed by atoms with E-state index in [0.717, 1.165) is 89.9 Å². The molecule has 3 atom stereocenters. The summed E-state index contributed by atoms with van der Waals surface area (Å²) in [5.41, 5.74) is 0. The quantitative estimate of drug-likeness (QED) is 0.0197. The summed E-state index contributed by atoms with van der Waals surface area (Å²) in [7, 11) is -4.76. The molecule has 0 saturated heterocycles. The molecule has 2 N–H and O–H groups in total. The fourth-order valence-corrected chi connectivity index (χ4v) is 8.16. The molecule has 0 heterocycles. The van der Waals surface area contributed by atoms with Gasteiger partial charge in [0.15, 0.2) is 6.10 Å². The molecule has 0 aliphatic heterocycles. The molecule has 12 heteroatoms. The molecule has 0 spiro atoms. The highest BCUT2D eigenvalue weighted by Gasteiger charge is 2.28. The van der Waals surface area contributed by atoms with E-state index in [-0.39, 0.29) is 25.9 Å². The summed E-state index contributed by atoms with van der Waals surface area (Å²) in [6.45, 7) is 4.42. The molecule has 0 saturated carbocycles. The van der Waals surface area contributed by atoms with Gasteiger partial charge in [0.05, 0.1) is 19.8 Å². The van der Waals surface area contributed by atoms with E-state index in [2.05, 4.69) is 81.5 Å².